The Morgan fingerprint density at radius 3 is 2.23 bits per heavy atom. The first-order valence-corrected chi connectivity index (χ1v) is 12.4. The van der Waals surface area contributed by atoms with Gasteiger partial charge in [0.05, 0.1) is 16.1 Å². The SMILES string of the molecule is CO[C@@H](c1cccc(NS(=O)(=O)C(F)(F)F)c1)[C@@H](CNC(=O)OC(C)(C)C)c1ccc(Cl)c(Cl)c1. The maximum absolute atomic E-state index is 12.8. The average Bonchev–Trinajstić information content (AvgIpc) is 2.71. The fourth-order valence-electron chi connectivity index (χ4n) is 3.17. The van der Waals surface area contributed by atoms with E-state index in [9.17, 15) is 26.4 Å². The highest BCUT2D eigenvalue weighted by atomic mass is 35.5. The number of carbonyl (C=O) groups is 1. The van der Waals surface area contributed by atoms with Gasteiger partial charge in [0.2, 0.25) is 0 Å². The number of hydrogen-bond donors (Lipinski definition) is 2. The molecule has 0 radical (unpaired) electrons. The van der Waals surface area contributed by atoms with Gasteiger partial charge in [-0.25, -0.2) is 4.79 Å². The number of alkyl carbamates (subject to hydrolysis) is 1. The molecular weight excluding hydrogens is 532 g/mol. The van der Waals surface area contributed by atoms with Crippen LogP contribution in [0.1, 0.15) is 43.9 Å². The molecule has 2 aromatic carbocycles. The first-order chi connectivity index (χ1) is 16.0. The van der Waals surface area contributed by atoms with E-state index in [0.29, 0.717) is 16.1 Å². The smallest absolute Gasteiger partial charge is 0.444 e. The summed E-state index contributed by atoms with van der Waals surface area (Å²) in [6.45, 7) is 5.10. The number of ether oxygens (including phenoxy) is 2. The maximum Gasteiger partial charge on any atom is 0.516 e. The molecular formula is C22H25Cl2F3N2O5S. The van der Waals surface area contributed by atoms with Crippen molar-refractivity contribution in [1.82, 2.24) is 5.32 Å². The normalized spacial score (nSPS) is 14.2. The van der Waals surface area contributed by atoms with Gasteiger partial charge in [0.15, 0.2) is 0 Å². The lowest BCUT2D eigenvalue weighted by molar-refractivity contribution is -0.0429. The quantitative estimate of drug-likeness (QED) is 0.400. The summed E-state index contributed by atoms with van der Waals surface area (Å²) in [5.74, 6) is -0.614. The van der Waals surface area contributed by atoms with Gasteiger partial charge in [-0.15, -0.1) is 0 Å². The molecule has 35 heavy (non-hydrogen) atoms. The molecule has 0 heterocycles. The number of nitrogens with one attached hydrogen (secondary N) is 2. The van der Waals surface area contributed by atoms with Crippen LogP contribution in [0.5, 0.6) is 0 Å². The maximum atomic E-state index is 12.8. The molecule has 0 bridgehead atoms. The molecule has 13 heteroatoms. The Kier molecular flexibility index (Phi) is 9.32. The fourth-order valence-corrected chi connectivity index (χ4v) is 4.03. The summed E-state index contributed by atoms with van der Waals surface area (Å²) >= 11 is 12.2. The van der Waals surface area contributed by atoms with Gasteiger partial charge in [-0.05, 0) is 56.2 Å². The second-order valence-electron chi connectivity index (χ2n) is 8.50. The van der Waals surface area contributed by atoms with E-state index in [-0.39, 0.29) is 17.3 Å². The Morgan fingerprint density at radius 1 is 1.03 bits per heavy atom. The van der Waals surface area contributed by atoms with E-state index in [2.05, 4.69) is 5.32 Å². The number of anilines is 1. The van der Waals surface area contributed by atoms with Crippen molar-refractivity contribution in [3.8, 4) is 0 Å². The van der Waals surface area contributed by atoms with Gasteiger partial charge in [0.1, 0.15) is 5.60 Å². The molecule has 0 spiro atoms. The molecule has 194 valence electrons. The van der Waals surface area contributed by atoms with Gasteiger partial charge in [-0.3, -0.25) is 4.72 Å². The number of alkyl halides is 3. The lowest BCUT2D eigenvalue weighted by Gasteiger charge is -2.28. The lowest BCUT2D eigenvalue weighted by atomic mass is 9.88. The van der Waals surface area contributed by atoms with Crippen LogP contribution in [0.3, 0.4) is 0 Å². The van der Waals surface area contributed by atoms with Crippen molar-refractivity contribution in [2.75, 3.05) is 18.4 Å². The van der Waals surface area contributed by atoms with E-state index in [4.69, 9.17) is 32.7 Å². The number of halogens is 5. The molecule has 2 aromatic rings. The van der Waals surface area contributed by atoms with Crippen LogP contribution in [-0.2, 0) is 19.5 Å². The van der Waals surface area contributed by atoms with E-state index in [0.717, 1.165) is 0 Å². The van der Waals surface area contributed by atoms with E-state index >= 15 is 0 Å². The van der Waals surface area contributed by atoms with Crippen molar-refractivity contribution in [3.63, 3.8) is 0 Å². The predicted molar refractivity (Wildman–Crippen MR) is 128 cm³/mol. The van der Waals surface area contributed by atoms with Crippen molar-refractivity contribution in [3.05, 3.63) is 63.6 Å². The third kappa shape index (κ3) is 8.16. The highest BCUT2D eigenvalue weighted by Gasteiger charge is 2.46. The van der Waals surface area contributed by atoms with Crippen molar-refractivity contribution < 1.29 is 35.9 Å². The molecule has 0 aliphatic rings. The fraction of sp³-hybridized carbons (Fsp3) is 0.409. The molecule has 0 aromatic heterocycles. The molecule has 2 atom stereocenters. The summed E-state index contributed by atoms with van der Waals surface area (Å²) in [5.41, 5.74) is -5.59. The molecule has 7 nitrogen and oxygen atoms in total. The third-order valence-electron chi connectivity index (χ3n) is 4.63. The van der Waals surface area contributed by atoms with Gasteiger partial charge in [0, 0.05) is 25.3 Å². The minimum atomic E-state index is -5.62. The second-order valence-corrected chi connectivity index (χ2v) is 11.0. The molecule has 2 N–H and O–H groups in total. The van der Waals surface area contributed by atoms with E-state index in [1.165, 1.54) is 30.0 Å². The number of sulfonamides is 1. The number of methoxy groups -OCH3 is 1. The molecule has 0 saturated heterocycles. The Bertz CT molecular complexity index is 1150. The summed E-state index contributed by atoms with van der Waals surface area (Å²) < 4.78 is 73.9. The summed E-state index contributed by atoms with van der Waals surface area (Å²) in [5, 5.41) is 3.19. The van der Waals surface area contributed by atoms with Crippen molar-refractivity contribution >= 4 is 45.0 Å². The number of benzene rings is 2. The third-order valence-corrected chi connectivity index (χ3v) is 6.48. The Morgan fingerprint density at radius 2 is 1.69 bits per heavy atom. The van der Waals surface area contributed by atoms with Crippen LogP contribution in [-0.4, -0.2) is 39.3 Å². The molecule has 0 aliphatic carbocycles. The Balaban J connectivity index is 2.43. The summed E-state index contributed by atoms with van der Waals surface area (Å²) in [7, 11) is -4.25. The topological polar surface area (TPSA) is 93.7 Å². The molecule has 2 rings (SSSR count). The van der Waals surface area contributed by atoms with Crippen LogP contribution in [0.15, 0.2) is 42.5 Å². The van der Waals surface area contributed by atoms with Crippen LogP contribution in [0, 0.1) is 0 Å². The zero-order chi connectivity index (χ0) is 26.6. The van der Waals surface area contributed by atoms with Crippen molar-refractivity contribution in [1.29, 1.82) is 0 Å². The van der Waals surface area contributed by atoms with Gasteiger partial charge < -0.3 is 14.8 Å². The van der Waals surface area contributed by atoms with Crippen molar-refractivity contribution in [2.45, 2.75) is 43.9 Å². The highest BCUT2D eigenvalue weighted by molar-refractivity contribution is 7.93. The Hall–Kier alpha value is -2.21. The predicted octanol–water partition coefficient (Wildman–Crippen LogP) is 6.25. The standard InChI is InChI=1S/C22H25Cl2F3N2O5S/c1-21(2,3)34-20(30)28-12-16(13-8-9-17(23)18(24)11-13)19(33-4)14-6-5-7-15(10-14)29-35(31,32)22(25,26)27/h5-11,16,19,29H,12H2,1-4H3,(H,28,30)/t16-,19-/m0/s1. The molecule has 1 amide bonds. The average molecular weight is 557 g/mol. The molecule has 0 aliphatic heterocycles. The van der Waals surface area contributed by atoms with E-state index in [1.54, 1.807) is 45.0 Å². The lowest BCUT2D eigenvalue weighted by Crippen LogP contribution is -2.36. The summed E-state index contributed by atoms with van der Waals surface area (Å²) in [4.78, 5) is 12.3. The second kappa shape index (κ2) is 11.2. The monoisotopic (exact) mass is 556 g/mol. The van der Waals surface area contributed by atoms with Crippen LogP contribution in [0.4, 0.5) is 23.7 Å². The number of hydrogen-bond acceptors (Lipinski definition) is 5. The van der Waals surface area contributed by atoms with Gasteiger partial charge in [-0.2, -0.15) is 21.6 Å². The zero-order valence-corrected chi connectivity index (χ0v) is 21.6. The largest absolute Gasteiger partial charge is 0.516 e. The number of amides is 1. The van der Waals surface area contributed by atoms with E-state index in [1.807, 2.05) is 0 Å². The molecule has 0 fully saturated rings. The molecule has 0 saturated carbocycles. The van der Waals surface area contributed by atoms with Crippen LogP contribution in [0.25, 0.3) is 0 Å². The molecule has 0 unspecified atom stereocenters. The van der Waals surface area contributed by atoms with Gasteiger partial charge >= 0.3 is 21.6 Å². The Labute approximate surface area is 211 Å². The number of rotatable bonds is 8. The minimum absolute atomic E-state index is 0.0100. The summed E-state index contributed by atoms with van der Waals surface area (Å²) in [6.07, 6.45) is -1.53. The first-order valence-electron chi connectivity index (χ1n) is 10.2. The zero-order valence-electron chi connectivity index (χ0n) is 19.2. The summed E-state index contributed by atoms with van der Waals surface area (Å²) in [6, 6.07) is 10.1. The highest BCUT2D eigenvalue weighted by Crippen LogP contribution is 2.37. The van der Waals surface area contributed by atoms with Crippen LogP contribution >= 0.6 is 23.2 Å². The number of carbonyl (C=O) groups excluding carboxylic acids is 1. The van der Waals surface area contributed by atoms with Crippen LogP contribution in [0.2, 0.25) is 10.0 Å². The minimum Gasteiger partial charge on any atom is -0.444 e. The first kappa shape index (κ1) is 29.0. The van der Waals surface area contributed by atoms with Crippen LogP contribution < -0.4 is 10.0 Å². The van der Waals surface area contributed by atoms with Gasteiger partial charge in [0.25, 0.3) is 0 Å². The van der Waals surface area contributed by atoms with Crippen molar-refractivity contribution in [2.24, 2.45) is 0 Å². The van der Waals surface area contributed by atoms with E-state index < -0.39 is 39.2 Å². The van der Waals surface area contributed by atoms with Gasteiger partial charge in [-0.1, -0.05) is 41.4 Å².